The molecule has 0 saturated carbocycles. The van der Waals surface area contributed by atoms with Crippen LogP contribution in [0.15, 0.2) is 76.3 Å². The van der Waals surface area contributed by atoms with E-state index in [9.17, 15) is 8.42 Å². The van der Waals surface area contributed by atoms with Gasteiger partial charge in [0.05, 0.1) is 11.1 Å². The topological polar surface area (TPSA) is 89.4 Å². The first-order valence-corrected chi connectivity index (χ1v) is 10.3. The summed E-state index contributed by atoms with van der Waals surface area (Å²) in [4.78, 5) is 0.228. The third-order valence-electron chi connectivity index (χ3n) is 5.15. The van der Waals surface area contributed by atoms with E-state index in [1.165, 1.54) is 10.5 Å². The summed E-state index contributed by atoms with van der Waals surface area (Å²) in [5.41, 5.74) is 7.60. The van der Waals surface area contributed by atoms with E-state index in [1.54, 1.807) is 30.3 Å². The average Bonchev–Trinajstić information content (AvgIpc) is 3.39. The maximum atomic E-state index is 13.4. The predicted octanol–water partition coefficient (Wildman–Crippen LogP) is 3.13. The van der Waals surface area contributed by atoms with E-state index in [4.69, 9.17) is 10.3 Å². The molecule has 28 heavy (non-hydrogen) atoms. The van der Waals surface area contributed by atoms with Gasteiger partial charge in [-0.2, -0.15) is 4.31 Å². The molecule has 0 spiro atoms. The molecule has 148 valence electrons. The molecule has 0 bridgehead atoms. The van der Waals surface area contributed by atoms with Crippen LogP contribution in [0, 0.1) is 5.92 Å². The first-order chi connectivity index (χ1) is 13.1. The molecule has 0 unspecified atom stereocenters. The van der Waals surface area contributed by atoms with Crippen molar-refractivity contribution >= 4 is 22.4 Å². The average molecular weight is 420 g/mol. The maximum absolute atomic E-state index is 13.4. The van der Waals surface area contributed by atoms with E-state index in [1.807, 2.05) is 30.3 Å². The second-order valence-corrected chi connectivity index (χ2v) is 8.61. The summed E-state index contributed by atoms with van der Waals surface area (Å²) in [5.74, 6) is 0.603. The van der Waals surface area contributed by atoms with Gasteiger partial charge < -0.3 is 10.3 Å². The van der Waals surface area contributed by atoms with Crippen LogP contribution < -0.4 is 5.73 Å². The Bertz CT molecular complexity index is 1010. The van der Waals surface area contributed by atoms with Crippen molar-refractivity contribution in [3.8, 4) is 11.3 Å². The minimum Gasteiger partial charge on any atom is -0.356 e. The van der Waals surface area contributed by atoms with Gasteiger partial charge in [0, 0.05) is 30.6 Å². The van der Waals surface area contributed by atoms with Crippen molar-refractivity contribution in [3.63, 3.8) is 0 Å². The van der Waals surface area contributed by atoms with Crippen LogP contribution in [0.2, 0.25) is 0 Å². The smallest absolute Gasteiger partial charge is 0.243 e. The van der Waals surface area contributed by atoms with E-state index in [0.717, 1.165) is 5.56 Å². The van der Waals surface area contributed by atoms with Crippen molar-refractivity contribution in [2.24, 2.45) is 11.7 Å². The lowest BCUT2D eigenvalue weighted by Crippen LogP contribution is -2.30. The molecule has 1 saturated heterocycles. The summed E-state index contributed by atoms with van der Waals surface area (Å²) in [6.07, 6.45) is 1.50. The van der Waals surface area contributed by atoms with Crippen LogP contribution in [0.5, 0.6) is 0 Å². The first kappa shape index (κ1) is 20.5. The SMILES string of the molecule is Cl.NC[C@@H]1CN(S(=O)(=O)c2ccccc2-c2ccno2)C[C@H]1c1ccccc1. The van der Waals surface area contributed by atoms with Gasteiger partial charge in [-0.15, -0.1) is 12.4 Å². The summed E-state index contributed by atoms with van der Waals surface area (Å²) in [7, 11) is -3.69. The third-order valence-corrected chi connectivity index (χ3v) is 7.04. The van der Waals surface area contributed by atoms with Crippen molar-refractivity contribution in [1.82, 2.24) is 9.46 Å². The molecule has 1 aliphatic rings. The number of hydrogen-bond acceptors (Lipinski definition) is 5. The summed E-state index contributed by atoms with van der Waals surface area (Å²) >= 11 is 0. The maximum Gasteiger partial charge on any atom is 0.243 e. The normalized spacial score (nSPS) is 20.0. The number of aromatic nitrogens is 1. The van der Waals surface area contributed by atoms with Crippen LogP contribution in [0.4, 0.5) is 0 Å². The van der Waals surface area contributed by atoms with E-state index < -0.39 is 10.0 Å². The molecule has 1 fully saturated rings. The number of nitrogens with two attached hydrogens (primary N) is 1. The highest BCUT2D eigenvalue weighted by Crippen LogP contribution is 2.37. The van der Waals surface area contributed by atoms with Crippen LogP contribution in [0.1, 0.15) is 11.5 Å². The second kappa shape index (κ2) is 8.45. The highest BCUT2D eigenvalue weighted by Gasteiger charge is 2.40. The largest absolute Gasteiger partial charge is 0.356 e. The number of nitrogens with zero attached hydrogens (tertiary/aromatic N) is 2. The van der Waals surface area contributed by atoms with Crippen LogP contribution in [0.25, 0.3) is 11.3 Å². The van der Waals surface area contributed by atoms with Gasteiger partial charge >= 0.3 is 0 Å². The van der Waals surface area contributed by atoms with Crippen molar-refractivity contribution in [1.29, 1.82) is 0 Å². The predicted molar refractivity (Wildman–Crippen MR) is 110 cm³/mol. The number of hydrogen-bond donors (Lipinski definition) is 1. The fourth-order valence-electron chi connectivity index (χ4n) is 3.73. The summed E-state index contributed by atoms with van der Waals surface area (Å²) in [5, 5.41) is 3.70. The van der Waals surface area contributed by atoms with Gasteiger partial charge in [0.1, 0.15) is 0 Å². The molecule has 4 rings (SSSR count). The van der Waals surface area contributed by atoms with Gasteiger partial charge in [-0.25, -0.2) is 8.42 Å². The fourth-order valence-corrected chi connectivity index (χ4v) is 5.45. The molecule has 0 aliphatic carbocycles. The van der Waals surface area contributed by atoms with E-state index in [0.29, 0.717) is 31.0 Å². The Morgan fingerprint density at radius 2 is 1.75 bits per heavy atom. The zero-order chi connectivity index (χ0) is 18.9. The van der Waals surface area contributed by atoms with Gasteiger partial charge in [-0.3, -0.25) is 0 Å². The van der Waals surface area contributed by atoms with Crippen LogP contribution >= 0.6 is 12.4 Å². The molecule has 0 amide bonds. The van der Waals surface area contributed by atoms with Crippen molar-refractivity contribution < 1.29 is 12.9 Å². The number of rotatable bonds is 5. The fraction of sp³-hybridized carbons (Fsp3) is 0.250. The molecular weight excluding hydrogens is 398 g/mol. The minimum absolute atomic E-state index is 0. The van der Waals surface area contributed by atoms with E-state index in [-0.39, 0.29) is 29.1 Å². The van der Waals surface area contributed by atoms with Gasteiger partial charge in [0.25, 0.3) is 0 Å². The molecule has 2 aromatic carbocycles. The van der Waals surface area contributed by atoms with Crippen LogP contribution in [0.3, 0.4) is 0 Å². The molecule has 2 N–H and O–H groups in total. The van der Waals surface area contributed by atoms with Gasteiger partial charge in [-0.1, -0.05) is 47.6 Å². The van der Waals surface area contributed by atoms with Gasteiger partial charge in [-0.05, 0) is 30.2 Å². The van der Waals surface area contributed by atoms with Crippen molar-refractivity contribution in [2.75, 3.05) is 19.6 Å². The molecule has 3 aromatic rings. The Morgan fingerprint density at radius 3 is 2.43 bits per heavy atom. The number of halogens is 1. The summed E-state index contributed by atoms with van der Waals surface area (Å²) in [6.45, 7) is 1.26. The lowest BCUT2D eigenvalue weighted by Gasteiger charge is -2.18. The molecule has 0 radical (unpaired) electrons. The Kier molecular flexibility index (Phi) is 6.20. The Labute approximate surface area is 170 Å². The molecule has 6 nitrogen and oxygen atoms in total. The molecule has 8 heteroatoms. The Hall–Kier alpha value is -2.19. The van der Waals surface area contributed by atoms with Crippen molar-refractivity contribution in [3.05, 3.63) is 72.4 Å². The minimum atomic E-state index is -3.69. The first-order valence-electron chi connectivity index (χ1n) is 8.86. The van der Waals surface area contributed by atoms with E-state index >= 15 is 0 Å². The number of benzene rings is 2. The standard InChI is InChI=1S/C20H21N3O3S.ClH/c21-12-16-13-23(14-18(16)15-6-2-1-3-7-15)27(24,25)20-9-5-4-8-17(20)19-10-11-22-26-19;/h1-11,16,18H,12-14,21H2;1H/t16-,18+;/m1./s1. The Morgan fingerprint density at radius 1 is 1.04 bits per heavy atom. The lowest BCUT2D eigenvalue weighted by molar-refractivity contribution is 0.430. The van der Waals surface area contributed by atoms with Crippen LogP contribution in [-0.2, 0) is 10.0 Å². The number of sulfonamides is 1. The molecule has 2 atom stereocenters. The zero-order valence-corrected chi connectivity index (χ0v) is 16.8. The van der Waals surface area contributed by atoms with E-state index in [2.05, 4.69) is 5.16 Å². The van der Waals surface area contributed by atoms with Crippen molar-refractivity contribution in [2.45, 2.75) is 10.8 Å². The molecule has 1 aliphatic heterocycles. The molecule has 2 heterocycles. The zero-order valence-electron chi connectivity index (χ0n) is 15.1. The molecular formula is C20H22ClN3O3S. The quantitative estimate of drug-likeness (QED) is 0.686. The molecule has 1 aromatic heterocycles. The Balaban J connectivity index is 0.00000225. The monoisotopic (exact) mass is 419 g/mol. The van der Waals surface area contributed by atoms with Gasteiger partial charge in [0.2, 0.25) is 10.0 Å². The highest BCUT2D eigenvalue weighted by atomic mass is 35.5. The highest BCUT2D eigenvalue weighted by molar-refractivity contribution is 7.89. The summed E-state index contributed by atoms with van der Waals surface area (Å²) in [6, 6.07) is 18.5. The second-order valence-electron chi connectivity index (χ2n) is 6.71. The van der Waals surface area contributed by atoms with Gasteiger partial charge in [0.15, 0.2) is 5.76 Å². The summed E-state index contributed by atoms with van der Waals surface area (Å²) < 4.78 is 33.6. The third kappa shape index (κ3) is 3.71. The van der Waals surface area contributed by atoms with Crippen LogP contribution in [-0.4, -0.2) is 37.5 Å². The lowest BCUT2D eigenvalue weighted by atomic mass is 9.89.